The highest BCUT2D eigenvalue weighted by Crippen LogP contribution is 2.24. The van der Waals surface area contributed by atoms with E-state index in [2.05, 4.69) is 11.4 Å². The topological polar surface area (TPSA) is 55.4 Å². The molecule has 1 atom stereocenters. The summed E-state index contributed by atoms with van der Waals surface area (Å²) in [6.07, 6.45) is -0.647. The molecule has 1 N–H and O–H groups in total. The van der Waals surface area contributed by atoms with Crippen LogP contribution in [0.15, 0.2) is 36.4 Å². The Balaban J connectivity index is 2.10. The molecule has 1 unspecified atom stereocenters. The molecule has 0 fully saturated rings. The van der Waals surface area contributed by atoms with Crippen LogP contribution in [0.2, 0.25) is 0 Å². The maximum absolute atomic E-state index is 12.4. The third-order valence-electron chi connectivity index (χ3n) is 3.97. The average Bonchev–Trinajstić information content (AvgIpc) is 2.52. The summed E-state index contributed by atoms with van der Waals surface area (Å²) >= 11 is 0. The first-order chi connectivity index (χ1) is 11.3. The smallest absolute Gasteiger partial charge is 0.265 e. The van der Waals surface area contributed by atoms with Gasteiger partial charge in [0.1, 0.15) is 5.75 Å². The molecule has 2 aromatic rings. The lowest BCUT2D eigenvalue weighted by Crippen LogP contribution is -2.30. The van der Waals surface area contributed by atoms with E-state index in [0.717, 1.165) is 16.7 Å². The molecule has 0 bridgehead atoms. The molecule has 4 nitrogen and oxygen atoms in total. The van der Waals surface area contributed by atoms with Crippen molar-refractivity contribution in [3.8, 4) is 5.75 Å². The lowest BCUT2D eigenvalue weighted by Gasteiger charge is -2.18. The summed E-state index contributed by atoms with van der Waals surface area (Å²) < 4.78 is 5.84. The summed E-state index contributed by atoms with van der Waals surface area (Å²) in [5.74, 6) is 0.420. The molecule has 0 saturated heterocycles. The number of rotatable bonds is 5. The van der Waals surface area contributed by atoms with Gasteiger partial charge >= 0.3 is 0 Å². The van der Waals surface area contributed by atoms with Gasteiger partial charge in [-0.2, -0.15) is 0 Å². The van der Waals surface area contributed by atoms with Crippen LogP contribution in [0.4, 0.5) is 5.69 Å². The molecule has 0 saturated carbocycles. The van der Waals surface area contributed by atoms with E-state index in [0.29, 0.717) is 17.0 Å². The minimum atomic E-state index is -0.647. The zero-order chi connectivity index (χ0) is 17.9. The van der Waals surface area contributed by atoms with Crippen LogP contribution in [0.3, 0.4) is 0 Å². The molecule has 4 heteroatoms. The second-order valence-electron chi connectivity index (χ2n) is 6.09. The number of nitrogens with one attached hydrogen (secondary N) is 1. The molecule has 0 aliphatic carbocycles. The molecule has 2 aromatic carbocycles. The summed E-state index contributed by atoms with van der Waals surface area (Å²) in [6.45, 7) is 9.20. The van der Waals surface area contributed by atoms with Crippen molar-refractivity contribution in [3.63, 3.8) is 0 Å². The molecule has 0 radical (unpaired) electrons. The second kappa shape index (κ2) is 7.30. The number of hydrogen-bond donors (Lipinski definition) is 1. The van der Waals surface area contributed by atoms with Crippen molar-refractivity contribution in [3.05, 3.63) is 58.7 Å². The van der Waals surface area contributed by atoms with E-state index >= 15 is 0 Å². The van der Waals surface area contributed by atoms with Crippen LogP contribution in [0, 0.1) is 20.8 Å². The molecule has 1 amide bonds. The maximum Gasteiger partial charge on any atom is 0.265 e. The van der Waals surface area contributed by atoms with E-state index in [9.17, 15) is 9.59 Å². The Hall–Kier alpha value is -2.62. The molecule has 0 aliphatic rings. The van der Waals surface area contributed by atoms with E-state index in [4.69, 9.17) is 4.74 Å². The number of aryl methyl sites for hydroxylation is 2. The standard InChI is InChI=1S/C20H23NO3/c1-12-9-13(2)14(3)19(10-12)24-16(5)20(23)21-18-8-6-7-17(11-18)15(4)22/h6-11,16H,1-5H3,(H,21,23). The molecule has 0 aliphatic heterocycles. The van der Waals surface area contributed by atoms with E-state index in [-0.39, 0.29) is 11.7 Å². The van der Waals surface area contributed by atoms with Crippen molar-refractivity contribution in [2.75, 3.05) is 5.32 Å². The maximum atomic E-state index is 12.4. The van der Waals surface area contributed by atoms with Crippen LogP contribution in [0.25, 0.3) is 0 Å². The van der Waals surface area contributed by atoms with Crippen molar-refractivity contribution >= 4 is 17.4 Å². The van der Waals surface area contributed by atoms with Crippen molar-refractivity contribution < 1.29 is 14.3 Å². The van der Waals surface area contributed by atoms with Gasteiger partial charge in [0.25, 0.3) is 5.91 Å². The quantitative estimate of drug-likeness (QED) is 0.837. The van der Waals surface area contributed by atoms with Gasteiger partial charge < -0.3 is 10.1 Å². The van der Waals surface area contributed by atoms with E-state index in [1.54, 1.807) is 31.2 Å². The number of benzene rings is 2. The average molecular weight is 325 g/mol. The molecule has 0 aromatic heterocycles. The van der Waals surface area contributed by atoms with Crippen LogP contribution in [-0.2, 0) is 4.79 Å². The molecule has 24 heavy (non-hydrogen) atoms. The molecule has 0 spiro atoms. The highest BCUT2D eigenvalue weighted by atomic mass is 16.5. The van der Waals surface area contributed by atoms with Gasteiger partial charge in [0, 0.05) is 11.3 Å². The van der Waals surface area contributed by atoms with Gasteiger partial charge in [-0.1, -0.05) is 18.2 Å². The molecular weight excluding hydrogens is 302 g/mol. The van der Waals surface area contributed by atoms with Gasteiger partial charge in [0.05, 0.1) is 0 Å². The summed E-state index contributed by atoms with van der Waals surface area (Å²) in [5.41, 5.74) is 4.40. The van der Waals surface area contributed by atoms with Crippen LogP contribution >= 0.6 is 0 Å². The zero-order valence-electron chi connectivity index (χ0n) is 14.8. The predicted molar refractivity (Wildman–Crippen MR) is 95.8 cm³/mol. The number of carbonyl (C=O) groups excluding carboxylic acids is 2. The predicted octanol–water partition coefficient (Wildman–Crippen LogP) is 4.22. The Kier molecular flexibility index (Phi) is 5.39. The molecule has 126 valence electrons. The first kappa shape index (κ1) is 17.7. The van der Waals surface area contributed by atoms with E-state index in [1.807, 2.05) is 26.8 Å². The Morgan fingerprint density at radius 3 is 2.46 bits per heavy atom. The van der Waals surface area contributed by atoms with Crippen molar-refractivity contribution in [1.29, 1.82) is 0 Å². The third-order valence-corrected chi connectivity index (χ3v) is 3.97. The number of ether oxygens (including phenoxy) is 1. The van der Waals surface area contributed by atoms with Crippen molar-refractivity contribution in [2.45, 2.75) is 40.7 Å². The van der Waals surface area contributed by atoms with Crippen molar-refractivity contribution in [1.82, 2.24) is 0 Å². The number of ketones is 1. The van der Waals surface area contributed by atoms with Crippen molar-refractivity contribution in [2.24, 2.45) is 0 Å². The highest BCUT2D eigenvalue weighted by molar-refractivity contribution is 5.98. The van der Waals surface area contributed by atoms with Crippen LogP contribution in [0.5, 0.6) is 5.75 Å². The lowest BCUT2D eigenvalue weighted by molar-refractivity contribution is -0.122. The Bertz CT molecular complexity index is 780. The van der Waals surface area contributed by atoms with Gasteiger partial charge in [0.2, 0.25) is 0 Å². The fourth-order valence-electron chi connectivity index (χ4n) is 2.43. The van der Waals surface area contributed by atoms with Gasteiger partial charge in [-0.15, -0.1) is 0 Å². The lowest BCUT2D eigenvalue weighted by atomic mass is 10.1. The first-order valence-corrected chi connectivity index (χ1v) is 7.94. The molecule has 2 rings (SSSR count). The second-order valence-corrected chi connectivity index (χ2v) is 6.09. The summed E-state index contributed by atoms with van der Waals surface area (Å²) in [6, 6.07) is 10.9. The normalized spacial score (nSPS) is 11.7. The van der Waals surface area contributed by atoms with E-state index in [1.165, 1.54) is 6.92 Å². The number of hydrogen-bond acceptors (Lipinski definition) is 3. The largest absolute Gasteiger partial charge is 0.481 e. The van der Waals surface area contributed by atoms with Crippen LogP contribution in [0.1, 0.15) is 40.9 Å². The minimum absolute atomic E-state index is 0.0405. The van der Waals surface area contributed by atoms with Gasteiger partial charge in [-0.3, -0.25) is 9.59 Å². The van der Waals surface area contributed by atoms with Gasteiger partial charge in [-0.05, 0) is 69.5 Å². The molecular formula is C20H23NO3. The first-order valence-electron chi connectivity index (χ1n) is 7.94. The summed E-state index contributed by atoms with van der Waals surface area (Å²) in [5, 5.41) is 2.79. The fraction of sp³-hybridized carbons (Fsp3) is 0.300. The Morgan fingerprint density at radius 1 is 1.08 bits per heavy atom. The third kappa shape index (κ3) is 4.22. The SMILES string of the molecule is CC(=O)c1cccc(NC(=O)C(C)Oc2cc(C)cc(C)c2C)c1. The monoisotopic (exact) mass is 325 g/mol. The Morgan fingerprint density at radius 2 is 1.79 bits per heavy atom. The highest BCUT2D eigenvalue weighted by Gasteiger charge is 2.17. The summed E-state index contributed by atoms with van der Waals surface area (Å²) in [7, 11) is 0. The van der Waals surface area contributed by atoms with Gasteiger partial charge in [-0.25, -0.2) is 0 Å². The number of carbonyl (C=O) groups is 2. The van der Waals surface area contributed by atoms with Gasteiger partial charge in [0.15, 0.2) is 11.9 Å². The van der Waals surface area contributed by atoms with E-state index < -0.39 is 6.10 Å². The summed E-state index contributed by atoms with van der Waals surface area (Å²) in [4.78, 5) is 23.8. The zero-order valence-corrected chi connectivity index (χ0v) is 14.8. The number of Topliss-reactive ketones (excluding diaryl/α,β-unsaturated/α-hetero) is 1. The fourth-order valence-corrected chi connectivity index (χ4v) is 2.43. The molecule has 0 heterocycles. The van der Waals surface area contributed by atoms with Crippen LogP contribution in [-0.4, -0.2) is 17.8 Å². The van der Waals surface area contributed by atoms with Crippen LogP contribution < -0.4 is 10.1 Å². The Labute approximate surface area is 142 Å². The number of amides is 1. The number of anilines is 1. The minimum Gasteiger partial charge on any atom is -0.481 e.